The molecule has 0 radical (unpaired) electrons. The van der Waals surface area contributed by atoms with Crippen LogP contribution >= 0.6 is 0 Å². The first-order valence-electron chi connectivity index (χ1n) is 6.10. The van der Waals surface area contributed by atoms with Crippen LogP contribution in [-0.2, 0) is 6.54 Å². The van der Waals surface area contributed by atoms with Gasteiger partial charge >= 0.3 is 5.97 Å². The van der Waals surface area contributed by atoms with Crippen molar-refractivity contribution in [2.45, 2.75) is 26.5 Å². The lowest BCUT2D eigenvalue weighted by atomic mass is 10.4. The van der Waals surface area contributed by atoms with E-state index in [4.69, 9.17) is 14.3 Å². The van der Waals surface area contributed by atoms with Gasteiger partial charge in [-0.1, -0.05) is 0 Å². The molecule has 2 N–H and O–H groups in total. The quantitative estimate of drug-likeness (QED) is 0.834. The van der Waals surface area contributed by atoms with Gasteiger partial charge in [0.05, 0.1) is 12.6 Å². The summed E-state index contributed by atoms with van der Waals surface area (Å²) in [6.07, 6.45) is 1.61. The number of ether oxygens (including phenoxy) is 1. The summed E-state index contributed by atoms with van der Waals surface area (Å²) < 4.78 is 10.6. The highest BCUT2D eigenvalue weighted by Crippen LogP contribution is 2.12. The molecule has 2 rings (SSSR count). The Morgan fingerprint density at radius 2 is 2.25 bits per heavy atom. The zero-order valence-corrected chi connectivity index (χ0v) is 11.2. The number of anilines is 1. The summed E-state index contributed by atoms with van der Waals surface area (Å²) in [5.74, 6) is 0.153. The minimum absolute atomic E-state index is 0.0287. The maximum atomic E-state index is 10.7. The zero-order chi connectivity index (χ0) is 14.5. The topological polar surface area (TPSA) is 97.5 Å². The SMILES string of the molecule is CC(C)Oc1ccnc(NCc2ccc(C(=O)O)o2)n1. The van der Waals surface area contributed by atoms with Gasteiger partial charge in [-0.15, -0.1) is 0 Å². The summed E-state index contributed by atoms with van der Waals surface area (Å²) in [5.41, 5.74) is 0. The molecule has 7 heteroatoms. The number of carbonyl (C=O) groups is 1. The third-order valence-electron chi connectivity index (χ3n) is 2.28. The van der Waals surface area contributed by atoms with Gasteiger partial charge < -0.3 is 19.6 Å². The fourth-order valence-electron chi connectivity index (χ4n) is 1.49. The van der Waals surface area contributed by atoms with Crippen LogP contribution in [0.25, 0.3) is 0 Å². The molecule has 0 saturated heterocycles. The Bertz CT molecular complexity index is 595. The lowest BCUT2D eigenvalue weighted by molar-refractivity contribution is 0.0660. The number of rotatable bonds is 6. The molecule has 106 valence electrons. The minimum atomic E-state index is -1.10. The van der Waals surface area contributed by atoms with Crippen LogP contribution in [0.3, 0.4) is 0 Å². The molecule has 0 spiro atoms. The van der Waals surface area contributed by atoms with Gasteiger partial charge in [0.25, 0.3) is 0 Å². The molecule has 0 aliphatic carbocycles. The van der Waals surface area contributed by atoms with Gasteiger partial charge in [0.1, 0.15) is 5.76 Å². The minimum Gasteiger partial charge on any atom is -0.475 e. The largest absolute Gasteiger partial charge is 0.475 e. The molecule has 2 heterocycles. The molecule has 0 aromatic carbocycles. The highest BCUT2D eigenvalue weighted by atomic mass is 16.5. The molecule has 0 unspecified atom stereocenters. The van der Waals surface area contributed by atoms with Crippen molar-refractivity contribution in [1.29, 1.82) is 0 Å². The smallest absolute Gasteiger partial charge is 0.371 e. The molecule has 0 aliphatic heterocycles. The number of nitrogens with zero attached hydrogens (tertiary/aromatic N) is 2. The van der Waals surface area contributed by atoms with Crippen molar-refractivity contribution in [3.8, 4) is 5.88 Å². The normalized spacial score (nSPS) is 10.6. The Kier molecular flexibility index (Phi) is 4.19. The van der Waals surface area contributed by atoms with Crippen molar-refractivity contribution in [1.82, 2.24) is 9.97 Å². The lowest BCUT2D eigenvalue weighted by Crippen LogP contribution is -2.09. The Balaban J connectivity index is 1.97. The van der Waals surface area contributed by atoms with E-state index in [9.17, 15) is 4.79 Å². The standard InChI is InChI=1S/C13H15N3O4/c1-8(2)19-11-5-6-14-13(16-11)15-7-9-3-4-10(20-9)12(17)18/h3-6,8H,7H2,1-2H3,(H,17,18)(H,14,15,16). The van der Waals surface area contributed by atoms with Crippen LogP contribution in [-0.4, -0.2) is 27.1 Å². The van der Waals surface area contributed by atoms with E-state index in [2.05, 4.69) is 15.3 Å². The van der Waals surface area contributed by atoms with E-state index in [0.717, 1.165) is 0 Å². The second-order valence-electron chi connectivity index (χ2n) is 4.31. The second-order valence-corrected chi connectivity index (χ2v) is 4.31. The van der Waals surface area contributed by atoms with Crippen LogP contribution in [0.5, 0.6) is 5.88 Å². The van der Waals surface area contributed by atoms with Crippen molar-refractivity contribution in [2.75, 3.05) is 5.32 Å². The fraction of sp³-hybridized carbons (Fsp3) is 0.308. The van der Waals surface area contributed by atoms with Gasteiger partial charge in [0.2, 0.25) is 17.6 Å². The van der Waals surface area contributed by atoms with E-state index in [1.54, 1.807) is 18.3 Å². The number of furan rings is 1. The maximum Gasteiger partial charge on any atom is 0.371 e. The summed E-state index contributed by atoms with van der Waals surface area (Å²) in [6.45, 7) is 4.11. The molecule has 7 nitrogen and oxygen atoms in total. The first kappa shape index (κ1) is 13.9. The molecule has 20 heavy (non-hydrogen) atoms. The Hall–Kier alpha value is -2.57. The van der Waals surface area contributed by atoms with Crippen molar-refractivity contribution >= 4 is 11.9 Å². The van der Waals surface area contributed by atoms with Gasteiger partial charge in [-0.05, 0) is 26.0 Å². The number of aromatic carboxylic acids is 1. The molecule has 2 aromatic rings. The van der Waals surface area contributed by atoms with Crippen LogP contribution in [0.4, 0.5) is 5.95 Å². The predicted octanol–water partition coefficient (Wildman–Crippen LogP) is 2.17. The Morgan fingerprint density at radius 3 is 2.90 bits per heavy atom. The van der Waals surface area contributed by atoms with E-state index in [-0.39, 0.29) is 11.9 Å². The summed E-state index contributed by atoms with van der Waals surface area (Å²) in [4.78, 5) is 18.9. The van der Waals surface area contributed by atoms with Gasteiger partial charge in [-0.3, -0.25) is 0 Å². The van der Waals surface area contributed by atoms with E-state index in [0.29, 0.717) is 24.1 Å². The lowest BCUT2D eigenvalue weighted by Gasteiger charge is -2.09. The number of hydrogen-bond acceptors (Lipinski definition) is 6. The third-order valence-corrected chi connectivity index (χ3v) is 2.28. The predicted molar refractivity (Wildman–Crippen MR) is 70.8 cm³/mol. The van der Waals surface area contributed by atoms with Crippen molar-refractivity contribution < 1.29 is 19.1 Å². The van der Waals surface area contributed by atoms with Gasteiger partial charge in [0.15, 0.2) is 0 Å². The van der Waals surface area contributed by atoms with Crippen LogP contribution in [0.1, 0.15) is 30.2 Å². The highest BCUT2D eigenvalue weighted by molar-refractivity contribution is 5.84. The molecule has 2 aromatic heterocycles. The summed E-state index contributed by atoms with van der Waals surface area (Å²) in [7, 11) is 0. The number of aromatic nitrogens is 2. The highest BCUT2D eigenvalue weighted by Gasteiger charge is 2.09. The van der Waals surface area contributed by atoms with Crippen LogP contribution < -0.4 is 10.1 Å². The monoisotopic (exact) mass is 277 g/mol. The van der Waals surface area contributed by atoms with Crippen molar-refractivity contribution in [2.24, 2.45) is 0 Å². The fourth-order valence-corrected chi connectivity index (χ4v) is 1.49. The van der Waals surface area contributed by atoms with Crippen molar-refractivity contribution in [3.63, 3.8) is 0 Å². The molecule has 0 aliphatic rings. The molecular weight excluding hydrogens is 262 g/mol. The summed E-state index contributed by atoms with van der Waals surface area (Å²) in [5, 5.41) is 11.7. The number of carboxylic acid groups (broad SMARTS) is 1. The molecule has 0 fully saturated rings. The van der Waals surface area contributed by atoms with E-state index in [1.807, 2.05) is 13.8 Å². The number of hydrogen-bond donors (Lipinski definition) is 2. The number of carboxylic acids is 1. The molecule has 0 saturated carbocycles. The average Bonchev–Trinajstić information content (AvgIpc) is 2.85. The first-order valence-corrected chi connectivity index (χ1v) is 6.10. The van der Waals surface area contributed by atoms with Crippen LogP contribution in [0, 0.1) is 0 Å². The summed E-state index contributed by atoms with van der Waals surface area (Å²) >= 11 is 0. The van der Waals surface area contributed by atoms with Crippen LogP contribution in [0.2, 0.25) is 0 Å². The van der Waals surface area contributed by atoms with Gasteiger partial charge in [-0.25, -0.2) is 9.78 Å². The van der Waals surface area contributed by atoms with Gasteiger partial charge in [0, 0.05) is 12.3 Å². The maximum absolute atomic E-state index is 10.7. The van der Waals surface area contributed by atoms with E-state index in [1.165, 1.54) is 6.07 Å². The summed E-state index contributed by atoms with van der Waals surface area (Å²) in [6, 6.07) is 4.66. The third kappa shape index (κ3) is 3.71. The van der Waals surface area contributed by atoms with Gasteiger partial charge in [-0.2, -0.15) is 4.98 Å². The Morgan fingerprint density at radius 1 is 1.45 bits per heavy atom. The Labute approximate surface area is 115 Å². The molecular formula is C13H15N3O4. The zero-order valence-electron chi connectivity index (χ0n) is 11.2. The first-order chi connectivity index (χ1) is 9.54. The second kappa shape index (κ2) is 6.05. The molecule has 0 bridgehead atoms. The average molecular weight is 277 g/mol. The van der Waals surface area contributed by atoms with Crippen LogP contribution in [0.15, 0.2) is 28.8 Å². The molecule has 0 amide bonds. The van der Waals surface area contributed by atoms with E-state index >= 15 is 0 Å². The number of nitrogens with one attached hydrogen (secondary N) is 1. The van der Waals surface area contributed by atoms with Crippen molar-refractivity contribution in [3.05, 3.63) is 35.9 Å². The molecule has 0 atom stereocenters. The van der Waals surface area contributed by atoms with E-state index < -0.39 is 5.97 Å².